The molecule has 14 nitrogen and oxygen atoms in total. The summed E-state index contributed by atoms with van der Waals surface area (Å²) < 4.78 is 194. The molecule has 0 saturated heterocycles. The highest BCUT2D eigenvalue weighted by Crippen LogP contribution is 2.51. The minimum Gasteiger partial charge on any atom is -0.370 e. The van der Waals surface area contributed by atoms with Crippen molar-refractivity contribution < 1.29 is 77.7 Å². The first-order valence-electron chi connectivity index (χ1n) is 16.9. The Morgan fingerprint density at radius 3 is 1.77 bits per heavy atom. The molecule has 61 heavy (non-hydrogen) atoms. The molecule has 0 fully saturated rings. The number of hydrogen-bond donors (Lipinski definition) is 2. The summed E-state index contributed by atoms with van der Waals surface area (Å²) in [6.45, 7) is 3.96. The van der Waals surface area contributed by atoms with E-state index in [0.717, 1.165) is 0 Å². The van der Waals surface area contributed by atoms with Gasteiger partial charge in [-0.25, -0.2) is 26.5 Å². The molecule has 6 rings (SSSR count). The molecule has 4 aromatic carbocycles. The van der Waals surface area contributed by atoms with E-state index < -0.39 is 81.5 Å². The van der Waals surface area contributed by atoms with Crippen molar-refractivity contribution in [3.63, 3.8) is 0 Å². The first kappa shape index (κ1) is 48.0. The van der Waals surface area contributed by atoms with Gasteiger partial charge in [-0.3, -0.25) is 9.11 Å². The van der Waals surface area contributed by atoms with E-state index in [2.05, 4.69) is 0 Å². The lowest BCUT2D eigenvalue weighted by Gasteiger charge is -2.39. The topological polar surface area (TPSA) is 217 Å². The summed E-state index contributed by atoms with van der Waals surface area (Å²) in [6, 6.07) is 16.2. The van der Waals surface area contributed by atoms with E-state index in [1.54, 1.807) is 55.4 Å². The van der Waals surface area contributed by atoms with Crippen LogP contribution in [0.1, 0.15) is 41.7 Å². The van der Waals surface area contributed by atoms with Crippen LogP contribution in [0.3, 0.4) is 0 Å². The largest absolute Gasteiger partial charge is 0.425 e. The molecule has 2 aliphatic carbocycles. The Hall–Kier alpha value is -5.72. The molecule has 324 valence electrons. The first-order chi connectivity index (χ1) is 28.2. The molecule has 0 aliphatic heterocycles. The maximum absolute atomic E-state index is 15.6. The number of anilines is 1. The number of hydrogen-bond acceptors (Lipinski definition) is 11. The number of halogens is 5. The van der Waals surface area contributed by atoms with Crippen LogP contribution in [0.25, 0.3) is 5.57 Å². The van der Waals surface area contributed by atoms with Crippen molar-refractivity contribution in [1.82, 2.24) is 0 Å². The van der Waals surface area contributed by atoms with E-state index in [0.29, 0.717) is 28.1 Å². The molecule has 0 amide bonds. The third kappa shape index (κ3) is 10.8. The second-order valence-corrected chi connectivity index (χ2v) is 17.4. The van der Waals surface area contributed by atoms with Crippen molar-refractivity contribution in [2.45, 2.75) is 42.1 Å². The fourth-order valence-corrected chi connectivity index (χ4v) is 7.95. The summed E-state index contributed by atoms with van der Waals surface area (Å²) in [5.41, 5.74) is 1.22. The fourth-order valence-electron chi connectivity index (χ4n) is 6.76. The van der Waals surface area contributed by atoms with E-state index in [4.69, 9.17) is 25.3 Å². The van der Waals surface area contributed by atoms with Crippen molar-refractivity contribution in [2.24, 2.45) is 0 Å². The predicted octanol–water partition coefficient (Wildman–Crippen LogP) is 5.38. The summed E-state index contributed by atoms with van der Waals surface area (Å²) in [5, 5.41) is 0. The molecule has 0 spiro atoms. The molecule has 23 heteroatoms. The Balaban J connectivity index is 0.000000941. The van der Waals surface area contributed by atoms with Gasteiger partial charge in [-0.05, 0) is 64.2 Å². The molecule has 4 aromatic rings. The van der Waals surface area contributed by atoms with Crippen LogP contribution >= 0.6 is 0 Å². The Morgan fingerprint density at radius 2 is 1.25 bits per heavy atom. The van der Waals surface area contributed by atoms with Gasteiger partial charge in [0.2, 0.25) is 5.82 Å². The molecule has 0 saturated carbocycles. The molecule has 2 aliphatic rings. The quantitative estimate of drug-likeness (QED) is 0.0747. The van der Waals surface area contributed by atoms with Crippen molar-refractivity contribution >= 4 is 58.4 Å². The van der Waals surface area contributed by atoms with Crippen LogP contribution in [0.15, 0.2) is 106 Å². The zero-order valence-electron chi connectivity index (χ0n) is 31.9. The molecule has 0 atom stereocenters. The Morgan fingerprint density at radius 1 is 0.721 bits per heavy atom. The SMILES string of the molecule is CN(Cc1ccccc1S(=O)(=O)O)c1ccc2c(c1)C(C)(C)C1=CC(=[N+](C)Cc3ccc(S(=O)(=O)O)cc3)C=CC1=C2c1c(F)c(F)c(F)c(F)c1F.O=S(=O)=O.O=S(=O)=O. The molecule has 0 bridgehead atoms. The minimum absolute atomic E-state index is 0.0140. The summed E-state index contributed by atoms with van der Waals surface area (Å²) >= 11 is 0. The van der Waals surface area contributed by atoms with Gasteiger partial charge < -0.3 is 4.90 Å². The first-order valence-corrected chi connectivity index (χ1v) is 21.8. The van der Waals surface area contributed by atoms with Crippen LogP contribution in [-0.2, 0) is 60.0 Å². The van der Waals surface area contributed by atoms with Crippen LogP contribution in [0.5, 0.6) is 0 Å². The van der Waals surface area contributed by atoms with E-state index in [1.165, 1.54) is 48.5 Å². The van der Waals surface area contributed by atoms with Crippen LogP contribution in [0.4, 0.5) is 27.6 Å². The molecule has 0 aromatic heterocycles. The molecule has 0 heterocycles. The minimum atomic E-state index is -4.55. The number of allylic oxidation sites excluding steroid dienone is 5. The van der Waals surface area contributed by atoms with Crippen LogP contribution in [0, 0.1) is 29.1 Å². The molecular weight excluding hydrogens is 900 g/mol. The Kier molecular flexibility index (Phi) is 14.5. The van der Waals surface area contributed by atoms with Crippen LogP contribution < -0.4 is 4.90 Å². The summed E-state index contributed by atoms with van der Waals surface area (Å²) in [4.78, 5) is 1.12. The van der Waals surface area contributed by atoms with Crippen molar-refractivity contribution in [2.75, 3.05) is 19.0 Å². The van der Waals surface area contributed by atoms with Gasteiger partial charge in [0.05, 0.1) is 15.4 Å². The highest BCUT2D eigenvalue weighted by Gasteiger charge is 2.41. The average molecular weight is 932 g/mol. The monoisotopic (exact) mass is 931 g/mol. The summed E-state index contributed by atoms with van der Waals surface area (Å²) in [5.74, 6) is -10.5. The number of nitrogens with zero attached hydrogens (tertiary/aromatic N) is 2. The Bertz CT molecular complexity index is 2970. The third-order valence-corrected chi connectivity index (χ3v) is 11.4. The number of benzene rings is 4. The van der Waals surface area contributed by atoms with E-state index in [-0.39, 0.29) is 45.2 Å². The third-order valence-electron chi connectivity index (χ3n) is 9.53. The second kappa shape index (κ2) is 18.5. The Labute approximate surface area is 348 Å². The van der Waals surface area contributed by atoms with Crippen LogP contribution in [0.2, 0.25) is 0 Å². The summed E-state index contributed by atoms with van der Waals surface area (Å²) in [6.07, 6.45) is 4.93. The van der Waals surface area contributed by atoms with Crippen molar-refractivity contribution in [3.05, 3.63) is 153 Å². The lowest BCUT2D eigenvalue weighted by Crippen LogP contribution is -2.31. The highest BCUT2D eigenvalue weighted by molar-refractivity contribution is 7.86. The van der Waals surface area contributed by atoms with Crippen molar-refractivity contribution in [1.29, 1.82) is 0 Å². The van der Waals surface area contributed by atoms with Gasteiger partial charge in [0.1, 0.15) is 7.05 Å². The summed E-state index contributed by atoms with van der Waals surface area (Å²) in [7, 11) is -11.8. The maximum atomic E-state index is 15.6. The molecular formula is C38H32F5N2O12S4+. The molecule has 0 radical (unpaired) electrons. The molecule has 2 N–H and O–H groups in total. The standard InChI is InChI=1S/C38H31F5N2O6S2.2O3S/c1-38(2)28-17-23(44(3)19-21-9-13-25(14-10-21)52(46,47)48)11-15-26(28)31(32-33(39)35(41)37(43)36(42)34(32)40)27-16-12-24(18-29(27)38)45(4)20-22-7-5-6-8-30(22)53(49,50)51;2*1-4(2)3/h5-18H,19-20H2,1-4H3,(H-,46,47,48,49,50,51);;/p+1. The van der Waals surface area contributed by atoms with Gasteiger partial charge in [0, 0.05) is 48.0 Å². The van der Waals surface area contributed by atoms with Crippen molar-refractivity contribution in [3.8, 4) is 0 Å². The van der Waals surface area contributed by atoms with E-state index in [9.17, 15) is 39.1 Å². The fraction of sp³-hybridized carbons (Fsp3) is 0.184. The highest BCUT2D eigenvalue weighted by atomic mass is 32.2. The average Bonchev–Trinajstić information content (AvgIpc) is 3.16. The zero-order chi connectivity index (χ0) is 45.9. The van der Waals surface area contributed by atoms with Gasteiger partial charge in [-0.15, -0.1) is 25.3 Å². The van der Waals surface area contributed by atoms with E-state index >= 15 is 8.78 Å². The van der Waals surface area contributed by atoms with Crippen LogP contribution in [-0.4, -0.2) is 75.6 Å². The zero-order valence-corrected chi connectivity index (χ0v) is 35.2. The number of fused-ring (bicyclic) bond motifs is 2. The normalized spacial score (nSPS) is 14.9. The van der Waals surface area contributed by atoms with Gasteiger partial charge in [-0.2, -0.15) is 16.8 Å². The van der Waals surface area contributed by atoms with Gasteiger partial charge in [0.25, 0.3) is 20.2 Å². The van der Waals surface area contributed by atoms with Gasteiger partial charge in [0.15, 0.2) is 35.5 Å². The number of rotatable bonds is 8. The van der Waals surface area contributed by atoms with E-state index in [1.807, 2.05) is 18.4 Å². The smallest absolute Gasteiger partial charge is 0.370 e. The maximum Gasteiger partial charge on any atom is 0.425 e. The lowest BCUT2D eigenvalue weighted by atomic mass is 9.64. The lowest BCUT2D eigenvalue weighted by molar-refractivity contribution is -0.512. The van der Waals surface area contributed by atoms with Gasteiger partial charge >= 0.3 is 21.2 Å². The molecule has 0 unspecified atom stereocenters. The van der Waals surface area contributed by atoms with Gasteiger partial charge in [-0.1, -0.05) is 50.2 Å². The second-order valence-electron chi connectivity index (χ2n) is 13.7. The predicted molar refractivity (Wildman–Crippen MR) is 208 cm³/mol.